The smallest absolute Gasteiger partial charge is 0.366 e. The summed E-state index contributed by atoms with van der Waals surface area (Å²) < 4.78 is 39.3. The number of carbonyl (C=O) groups is 2. The summed E-state index contributed by atoms with van der Waals surface area (Å²) in [6.45, 7) is 1.83. The van der Waals surface area contributed by atoms with Crippen molar-refractivity contribution >= 4 is 11.9 Å². The maximum absolute atomic E-state index is 12.7. The van der Waals surface area contributed by atoms with E-state index in [0.29, 0.717) is 37.5 Å². The number of halogens is 3. The predicted octanol–water partition coefficient (Wildman–Crippen LogP) is 2.81. The summed E-state index contributed by atoms with van der Waals surface area (Å²) in [7, 11) is 1.99. The number of nitrogens with two attached hydrogens (primary N) is 1. The number of amides is 2. The molecule has 1 saturated carbocycles. The Morgan fingerprint density at radius 3 is 2.29 bits per heavy atom. The van der Waals surface area contributed by atoms with Crippen molar-refractivity contribution in [2.45, 2.75) is 31.6 Å². The van der Waals surface area contributed by atoms with Crippen molar-refractivity contribution in [1.82, 2.24) is 19.6 Å². The van der Waals surface area contributed by atoms with Crippen LogP contribution in [0.4, 0.5) is 18.0 Å². The number of likely N-dealkylation sites (tertiary alicyclic amines) is 1. The molecule has 1 aliphatic carbocycles. The van der Waals surface area contributed by atoms with Crippen LogP contribution >= 0.6 is 0 Å². The highest BCUT2D eigenvalue weighted by Crippen LogP contribution is 2.40. The lowest BCUT2D eigenvalue weighted by atomic mass is 10.0. The van der Waals surface area contributed by atoms with Gasteiger partial charge in [0.25, 0.3) is 5.91 Å². The molecule has 2 fully saturated rings. The van der Waals surface area contributed by atoms with Crippen LogP contribution in [0.15, 0.2) is 36.7 Å². The molecule has 166 valence electrons. The van der Waals surface area contributed by atoms with E-state index in [9.17, 15) is 22.8 Å². The quantitative estimate of drug-likeness (QED) is 0.801. The van der Waals surface area contributed by atoms with Crippen LogP contribution in [-0.4, -0.2) is 57.7 Å². The maximum Gasteiger partial charge on any atom is 0.416 e. The fourth-order valence-electron chi connectivity index (χ4n) is 4.70. The second kappa shape index (κ2) is 7.99. The van der Waals surface area contributed by atoms with Gasteiger partial charge < -0.3 is 10.6 Å². The molecule has 0 bridgehead atoms. The van der Waals surface area contributed by atoms with E-state index < -0.39 is 17.6 Å². The van der Waals surface area contributed by atoms with E-state index in [4.69, 9.17) is 5.73 Å². The van der Waals surface area contributed by atoms with E-state index in [0.717, 1.165) is 35.2 Å². The molecule has 1 unspecified atom stereocenters. The van der Waals surface area contributed by atoms with Gasteiger partial charge in [-0.05, 0) is 49.4 Å². The third kappa shape index (κ3) is 4.43. The first-order valence-electron chi connectivity index (χ1n) is 10.1. The van der Waals surface area contributed by atoms with Crippen LogP contribution < -0.4 is 5.73 Å². The van der Waals surface area contributed by atoms with Gasteiger partial charge in [0.2, 0.25) is 0 Å². The van der Waals surface area contributed by atoms with Crippen molar-refractivity contribution in [3.05, 3.63) is 53.3 Å². The summed E-state index contributed by atoms with van der Waals surface area (Å²) in [6.07, 6.45) is 0.158. The Balaban J connectivity index is 1.31. The molecule has 7 nitrogen and oxygen atoms in total. The number of primary amides is 1. The van der Waals surface area contributed by atoms with Gasteiger partial charge in [-0.1, -0.05) is 12.1 Å². The summed E-state index contributed by atoms with van der Waals surface area (Å²) in [6, 6.07) is 5.35. The Hall–Kier alpha value is -2.88. The van der Waals surface area contributed by atoms with E-state index >= 15 is 0 Å². The largest absolute Gasteiger partial charge is 0.416 e. The molecule has 10 heteroatoms. The first kappa shape index (κ1) is 21.4. The van der Waals surface area contributed by atoms with E-state index in [2.05, 4.69) is 10.00 Å². The molecule has 2 N–H and O–H groups in total. The topological polar surface area (TPSA) is 84.5 Å². The van der Waals surface area contributed by atoms with E-state index in [-0.39, 0.29) is 11.6 Å². The third-order valence-corrected chi connectivity index (χ3v) is 6.40. The van der Waals surface area contributed by atoms with Crippen LogP contribution in [0.1, 0.15) is 34.3 Å². The van der Waals surface area contributed by atoms with Crippen LogP contribution in [0.3, 0.4) is 0 Å². The Bertz CT molecular complexity index is 958. The molecule has 1 aliphatic heterocycles. The van der Waals surface area contributed by atoms with Gasteiger partial charge in [-0.3, -0.25) is 9.69 Å². The van der Waals surface area contributed by atoms with Gasteiger partial charge in [-0.2, -0.15) is 23.0 Å². The van der Waals surface area contributed by atoms with Gasteiger partial charge in [0, 0.05) is 31.9 Å². The number of rotatable bonds is 4. The second-order valence-corrected chi connectivity index (χ2v) is 8.48. The van der Waals surface area contributed by atoms with Gasteiger partial charge >= 0.3 is 12.2 Å². The second-order valence-electron chi connectivity index (χ2n) is 8.48. The molecule has 4 rings (SSSR count). The molecular formula is C21H24F3N5O2. The van der Waals surface area contributed by atoms with Crippen LogP contribution in [0, 0.1) is 11.8 Å². The van der Waals surface area contributed by atoms with Crippen molar-refractivity contribution in [2.24, 2.45) is 17.6 Å². The summed E-state index contributed by atoms with van der Waals surface area (Å²) in [5, 5.41) is 3.93. The Morgan fingerprint density at radius 1 is 1.16 bits per heavy atom. The summed E-state index contributed by atoms with van der Waals surface area (Å²) in [5.41, 5.74) is 5.60. The highest BCUT2D eigenvalue weighted by atomic mass is 19.4. The van der Waals surface area contributed by atoms with Gasteiger partial charge in [-0.25, -0.2) is 4.79 Å². The summed E-state index contributed by atoms with van der Waals surface area (Å²) in [5.74, 6) is 0.113. The van der Waals surface area contributed by atoms with E-state index in [1.165, 1.54) is 24.5 Å². The summed E-state index contributed by atoms with van der Waals surface area (Å²) in [4.78, 5) is 27.8. The first-order valence-corrected chi connectivity index (χ1v) is 10.1. The Morgan fingerprint density at radius 2 is 1.77 bits per heavy atom. The number of aromatic nitrogens is 2. The molecule has 0 spiro atoms. The predicted molar refractivity (Wildman–Crippen MR) is 106 cm³/mol. The van der Waals surface area contributed by atoms with Crippen LogP contribution in [0.2, 0.25) is 0 Å². The van der Waals surface area contributed by atoms with Gasteiger partial charge in [0.15, 0.2) is 0 Å². The van der Waals surface area contributed by atoms with Crippen molar-refractivity contribution < 1.29 is 22.8 Å². The summed E-state index contributed by atoms with van der Waals surface area (Å²) >= 11 is 0. The normalized spacial score (nSPS) is 23.4. The molecule has 2 aliphatic rings. The standard InChI is InChI=1S/C21H24F3N5O2/c1-27(9-13-2-4-17(5-3-13)21(22,23)24)18-6-14-10-28(11-15(14)7-18)20(31)29-12-16(8-26-29)19(25)30/h2-5,8,12,14-15,18H,6-7,9-11H2,1H3,(H2,25,30)/t14-,15+,18?. The van der Waals surface area contributed by atoms with Gasteiger partial charge in [-0.15, -0.1) is 0 Å². The zero-order valence-electron chi connectivity index (χ0n) is 17.0. The number of benzene rings is 1. The molecule has 2 amide bonds. The lowest BCUT2D eigenvalue weighted by Gasteiger charge is -2.26. The molecule has 1 aromatic heterocycles. The average molecular weight is 435 g/mol. The molecule has 2 heterocycles. The maximum atomic E-state index is 12.7. The number of hydrogen-bond acceptors (Lipinski definition) is 4. The zero-order chi connectivity index (χ0) is 22.3. The van der Waals surface area contributed by atoms with Crippen LogP contribution in [-0.2, 0) is 12.7 Å². The fourth-order valence-corrected chi connectivity index (χ4v) is 4.70. The van der Waals surface area contributed by atoms with Crippen LogP contribution in [0.25, 0.3) is 0 Å². The van der Waals surface area contributed by atoms with Crippen molar-refractivity contribution in [3.63, 3.8) is 0 Å². The van der Waals surface area contributed by atoms with E-state index in [1.54, 1.807) is 4.90 Å². The lowest BCUT2D eigenvalue weighted by Crippen LogP contribution is -2.36. The van der Waals surface area contributed by atoms with Gasteiger partial charge in [0.05, 0.1) is 17.3 Å². The minimum atomic E-state index is -4.33. The number of carbonyl (C=O) groups excluding carboxylic acids is 2. The van der Waals surface area contributed by atoms with Crippen molar-refractivity contribution in [1.29, 1.82) is 0 Å². The van der Waals surface area contributed by atoms with Crippen LogP contribution in [0.5, 0.6) is 0 Å². The van der Waals surface area contributed by atoms with Gasteiger partial charge in [0.1, 0.15) is 0 Å². The third-order valence-electron chi connectivity index (χ3n) is 6.40. The lowest BCUT2D eigenvalue weighted by molar-refractivity contribution is -0.137. The Kier molecular flexibility index (Phi) is 5.50. The average Bonchev–Trinajstić information content (AvgIpc) is 3.41. The monoisotopic (exact) mass is 435 g/mol. The van der Waals surface area contributed by atoms with Crippen molar-refractivity contribution in [2.75, 3.05) is 20.1 Å². The molecular weight excluding hydrogens is 411 g/mol. The Labute approximate surface area is 177 Å². The number of nitrogens with zero attached hydrogens (tertiary/aromatic N) is 4. The SMILES string of the molecule is CN(Cc1ccc(C(F)(F)F)cc1)C1C[C@@H]2CN(C(=O)n3cc(C(N)=O)cn3)C[C@@H]2C1. The molecule has 1 saturated heterocycles. The highest BCUT2D eigenvalue weighted by Gasteiger charge is 2.43. The minimum Gasteiger partial charge on any atom is -0.366 e. The molecule has 31 heavy (non-hydrogen) atoms. The zero-order valence-corrected chi connectivity index (χ0v) is 17.0. The molecule has 0 radical (unpaired) electrons. The first-order chi connectivity index (χ1) is 14.6. The number of alkyl halides is 3. The highest BCUT2D eigenvalue weighted by molar-refractivity contribution is 5.93. The minimum absolute atomic E-state index is 0.192. The number of fused-ring (bicyclic) bond motifs is 1. The molecule has 3 atom stereocenters. The molecule has 2 aromatic rings. The number of hydrogen-bond donors (Lipinski definition) is 1. The van der Waals surface area contributed by atoms with Crippen molar-refractivity contribution in [3.8, 4) is 0 Å². The molecule has 1 aromatic carbocycles. The van der Waals surface area contributed by atoms with E-state index in [1.807, 2.05) is 7.05 Å². The fraction of sp³-hybridized carbons (Fsp3) is 0.476.